The van der Waals surface area contributed by atoms with E-state index in [4.69, 9.17) is 0 Å². The van der Waals surface area contributed by atoms with Crippen molar-refractivity contribution in [3.05, 3.63) is 21.9 Å². The molecule has 0 fully saturated rings. The Bertz CT molecular complexity index is 366. The number of hydrogen-bond acceptors (Lipinski definition) is 4. The highest BCUT2D eigenvalue weighted by atomic mass is 16.6. The fourth-order valence-electron chi connectivity index (χ4n) is 2.67. The zero-order valence-electron chi connectivity index (χ0n) is 15.6. The molecular weight excluding hydrogens is 306 g/mol. The molecule has 0 amide bonds. The van der Waals surface area contributed by atoms with Gasteiger partial charge in [0.2, 0.25) is 5.70 Å². The van der Waals surface area contributed by atoms with Crippen molar-refractivity contribution in [2.45, 2.75) is 96.8 Å². The van der Waals surface area contributed by atoms with E-state index in [1.54, 1.807) is 0 Å². The number of carbonyl (C=O) groups excluding carboxylic acids is 1. The van der Waals surface area contributed by atoms with Gasteiger partial charge in [0.05, 0.1) is 12.0 Å². The Hall–Kier alpha value is -1.39. The smallest absolute Gasteiger partial charge is 0.305 e. The van der Waals surface area contributed by atoms with E-state index in [1.807, 2.05) is 6.08 Å². The summed E-state index contributed by atoms with van der Waals surface area (Å²) in [5, 5.41) is 11.1. The molecule has 0 aliphatic carbocycles. The summed E-state index contributed by atoms with van der Waals surface area (Å²) in [4.78, 5) is 21.8. The number of rotatable bonds is 16. The van der Waals surface area contributed by atoms with Gasteiger partial charge in [0, 0.05) is 12.8 Å². The molecular formula is C19H35NO4. The van der Waals surface area contributed by atoms with Crippen LogP contribution in [0.2, 0.25) is 0 Å². The molecule has 0 bridgehead atoms. The van der Waals surface area contributed by atoms with Gasteiger partial charge in [0.25, 0.3) is 0 Å². The molecule has 5 heteroatoms. The third-order valence-electron chi connectivity index (χ3n) is 4.21. The van der Waals surface area contributed by atoms with Crippen LogP contribution < -0.4 is 0 Å². The predicted octanol–water partition coefficient (Wildman–Crippen LogP) is 5.80. The SMILES string of the molecule is CCCCCCCCC=C(CCCCCCCC(=O)OC)[N+](=O)[O-]. The van der Waals surface area contributed by atoms with Crippen molar-refractivity contribution in [2.24, 2.45) is 0 Å². The number of allylic oxidation sites excluding steroid dienone is 2. The number of methoxy groups -OCH3 is 1. The van der Waals surface area contributed by atoms with Crippen LogP contribution in [0, 0.1) is 10.1 Å². The number of nitrogens with zero attached hydrogens (tertiary/aromatic N) is 1. The van der Waals surface area contributed by atoms with Gasteiger partial charge in [-0.1, -0.05) is 58.3 Å². The largest absolute Gasteiger partial charge is 0.469 e. The molecule has 0 aliphatic rings. The van der Waals surface area contributed by atoms with Crippen molar-refractivity contribution in [2.75, 3.05) is 7.11 Å². The molecule has 0 aromatic carbocycles. The van der Waals surface area contributed by atoms with Crippen molar-refractivity contribution >= 4 is 5.97 Å². The number of nitro groups is 1. The molecule has 0 radical (unpaired) electrons. The Morgan fingerprint density at radius 1 is 0.917 bits per heavy atom. The van der Waals surface area contributed by atoms with Gasteiger partial charge < -0.3 is 4.74 Å². The van der Waals surface area contributed by atoms with E-state index in [9.17, 15) is 14.9 Å². The number of ether oxygens (including phenoxy) is 1. The van der Waals surface area contributed by atoms with Crippen LogP contribution in [0.5, 0.6) is 0 Å². The summed E-state index contributed by atoms with van der Waals surface area (Å²) in [6.45, 7) is 2.20. The second-order valence-electron chi connectivity index (χ2n) is 6.35. The minimum atomic E-state index is -0.228. The first-order valence-electron chi connectivity index (χ1n) is 9.52. The normalized spacial score (nSPS) is 11.5. The molecule has 0 saturated heterocycles. The van der Waals surface area contributed by atoms with Crippen LogP contribution >= 0.6 is 0 Å². The average molecular weight is 341 g/mol. The summed E-state index contributed by atoms with van der Waals surface area (Å²) in [6.07, 6.45) is 15.6. The van der Waals surface area contributed by atoms with Gasteiger partial charge in [0.15, 0.2) is 0 Å². The Balaban J connectivity index is 3.71. The van der Waals surface area contributed by atoms with E-state index < -0.39 is 0 Å². The van der Waals surface area contributed by atoms with Crippen molar-refractivity contribution in [3.8, 4) is 0 Å². The first-order valence-corrected chi connectivity index (χ1v) is 9.52. The van der Waals surface area contributed by atoms with E-state index in [0.717, 1.165) is 44.9 Å². The van der Waals surface area contributed by atoms with Gasteiger partial charge in [-0.05, 0) is 31.8 Å². The number of esters is 1. The van der Waals surface area contributed by atoms with Crippen LogP contribution in [-0.4, -0.2) is 18.0 Å². The zero-order chi connectivity index (χ0) is 18.0. The van der Waals surface area contributed by atoms with Gasteiger partial charge in [-0.3, -0.25) is 14.9 Å². The zero-order valence-corrected chi connectivity index (χ0v) is 15.6. The molecule has 140 valence electrons. The number of hydrogen-bond donors (Lipinski definition) is 0. The standard InChI is InChI=1S/C19H35NO4/c1-3-4-5-6-7-9-12-15-18(20(22)23)16-13-10-8-11-14-17-19(21)24-2/h15H,3-14,16-17H2,1-2H3. The Morgan fingerprint density at radius 2 is 1.46 bits per heavy atom. The molecule has 0 saturated carbocycles. The highest BCUT2D eigenvalue weighted by Gasteiger charge is 2.09. The van der Waals surface area contributed by atoms with Crippen LogP contribution in [0.15, 0.2) is 11.8 Å². The van der Waals surface area contributed by atoms with E-state index in [0.29, 0.717) is 18.5 Å². The molecule has 0 aromatic rings. The van der Waals surface area contributed by atoms with Crippen LogP contribution in [0.25, 0.3) is 0 Å². The Kier molecular flexibility index (Phi) is 15.5. The summed E-state index contributed by atoms with van der Waals surface area (Å²) in [7, 11) is 1.40. The van der Waals surface area contributed by atoms with Crippen LogP contribution in [-0.2, 0) is 9.53 Å². The topological polar surface area (TPSA) is 69.4 Å². The Labute approximate surface area is 147 Å². The second-order valence-corrected chi connectivity index (χ2v) is 6.35. The lowest BCUT2D eigenvalue weighted by molar-refractivity contribution is -0.428. The fourth-order valence-corrected chi connectivity index (χ4v) is 2.67. The Morgan fingerprint density at radius 3 is 2.04 bits per heavy atom. The van der Waals surface area contributed by atoms with E-state index in [2.05, 4.69) is 11.7 Å². The van der Waals surface area contributed by atoms with E-state index in [-0.39, 0.29) is 10.9 Å². The summed E-state index contributed by atoms with van der Waals surface area (Å²) in [5.74, 6) is -0.164. The molecule has 0 aliphatic heterocycles. The molecule has 0 unspecified atom stereocenters. The quantitative estimate of drug-likeness (QED) is 0.154. The molecule has 0 aromatic heterocycles. The van der Waals surface area contributed by atoms with Gasteiger partial charge in [-0.15, -0.1) is 0 Å². The molecule has 24 heavy (non-hydrogen) atoms. The molecule has 0 rings (SSSR count). The lowest BCUT2D eigenvalue weighted by atomic mass is 10.1. The first-order chi connectivity index (χ1) is 11.6. The van der Waals surface area contributed by atoms with Crippen molar-refractivity contribution in [3.63, 3.8) is 0 Å². The molecule has 0 heterocycles. The van der Waals surface area contributed by atoms with Crippen molar-refractivity contribution < 1.29 is 14.5 Å². The maximum Gasteiger partial charge on any atom is 0.305 e. The monoisotopic (exact) mass is 341 g/mol. The van der Waals surface area contributed by atoms with E-state index in [1.165, 1.54) is 39.2 Å². The molecule has 5 nitrogen and oxygen atoms in total. The van der Waals surface area contributed by atoms with Crippen molar-refractivity contribution in [1.29, 1.82) is 0 Å². The maximum absolute atomic E-state index is 11.1. The van der Waals surface area contributed by atoms with Gasteiger partial charge in [-0.2, -0.15) is 0 Å². The summed E-state index contributed by atoms with van der Waals surface area (Å²) in [5.41, 5.74) is 0.373. The first kappa shape index (κ1) is 22.6. The lowest BCUT2D eigenvalue weighted by Gasteiger charge is -2.02. The third-order valence-corrected chi connectivity index (χ3v) is 4.21. The van der Waals surface area contributed by atoms with Gasteiger partial charge >= 0.3 is 5.97 Å². The molecule has 0 spiro atoms. The van der Waals surface area contributed by atoms with Gasteiger partial charge in [-0.25, -0.2) is 0 Å². The third kappa shape index (κ3) is 14.2. The van der Waals surface area contributed by atoms with E-state index >= 15 is 0 Å². The second kappa shape index (κ2) is 16.5. The minimum absolute atomic E-state index is 0.164. The molecule has 0 atom stereocenters. The maximum atomic E-state index is 11.1. The molecule has 0 N–H and O–H groups in total. The summed E-state index contributed by atoms with van der Waals surface area (Å²) < 4.78 is 4.59. The fraction of sp³-hybridized carbons (Fsp3) is 0.842. The summed E-state index contributed by atoms with van der Waals surface area (Å²) in [6, 6.07) is 0. The highest BCUT2D eigenvalue weighted by Crippen LogP contribution is 2.15. The highest BCUT2D eigenvalue weighted by molar-refractivity contribution is 5.68. The van der Waals surface area contributed by atoms with Crippen LogP contribution in [0.4, 0.5) is 0 Å². The lowest BCUT2D eigenvalue weighted by Crippen LogP contribution is -2.00. The van der Waals surface area contributed by atoms with Gasteiger partial charge in [0.1, 0.15) is 0 Å². The van der Waals surface area contributed by atoms with Crippen molar-refractivity contribution in [1.82, 2.24) is 0 Å². The van der Waals surface area contributed by atoms with Crippen LogP contribution in [0.3, 0.4) is 0 Å². The summed E-state index contributed by atoms with van der Waals surface area (Å²) >= 11 is 0. The van der Waals surface area contributed by atoms with Crippen LogP contribution in [0.1, 0.15) is 96.8 Å². The number of carbonyl (C=O) groups is 1. The predicted molar refractivity (Wildman–Crippen MR) is 97.4 cm³/mol. The minimum Gasteiger partial charge on any atom is -0.469 e. The number of unbranched alkanes of at least 4 members (excludes halogenated alkanes) is 10. The average Bonchev–Trinajstić information content (AvgIpc) is 2.57.